The maximum atomic E-state index is 6.07. The number of nitrogens with zero attached hydrogens (tertiary/aromatic N) is 3. The van der Waals surface area contributed by atoms with Crippen LogP contribution in [-0.2, 0) is 4.74 Å². The van der Waals surface area contributed by atoms with Gasteiger partial charge in [-0.2, -0.15) is 0 Å². The van der Waals surface area contributed by atoms with Gasteiger partial charge >= 0.3 is 0 Å². The Balaban J connectivity index is 1.43. The van der Waals surface area contributed by atoms with Gasteiger partial charge < -0.3 is 20.3 Å². The monoisotopic (exact) mass is 387 g/mol. The van der Waals surface area contributed by atoms with Crippen LogP contribution in [0, 0.1) is 5.41 Å². The van der Waals surface area contributed by atoms with E-state index in [2.05, 4.69) is 58.4 Å². The molecule has 1 aliphatic carbocycles. The second-order valence-electron chi connectivity index (χ2n) is 8.63. The van der Waals surface area contributed by atoms with Gasteiger partial charge in [0.15, 0.2) is 5.96 Å². The fraction of sp³-hybridized carbons (Fsp3) is 0.727. The van der Waals surface area contributed by atoms with E-state index in [1.165, 1.54) is 6.42 Å². The highest BCUT2D eigenvalue weighted by Crippen LogP contribution is 2.42. The first-order valence-electron chi connectivity index (χ1n) is 10.8. The highest BCUT2D eigenvalue weighted by atomic mass is 16.5. The molecular weight excluding hydrogens is 350 g/mol. The van der Waals surface area contributed by atoms with E-state index in [-0.39, 0.29) is 5.41 Å². The van der Waals surface area contributed by atoms with E-state index >= 15 is 0 Å². The Bertz CT molecular complexity index is 625. The molecule has 2 heterocycles. The van der Waals surface area contributed by atoms with E-state index in [1.54, 1.807) is 0 Å². The third kappa shape index (κ3) is 4.96. The van der Waals surface area contributed by atoms with Crippen molar-refractivity contribution in [3.63, 3.8) is 0 Å². The molecule has 2 atom stereocenters. The van der Waals surface area contributed by atoms with Crippen LogP contribution in [0.2, 0.25) is 0 Å². The Hall–Kier alpha value is -1.82. The molecule has 156 valence electrons. The van der Waals surface area contributed by atoms with Gasteiger partial charge in [-0.1, -0.05) is 33.3 Å². The number of ether oxygens (including phenoxy) is 1. The molecule has 6 heteroatoms. The van der Waals surface area contributed by atoms with E-state index in [0.29, 0.717) is 18.2 Å². The van der Waals surface area contributed by atoms with Crippen LogP contribution in [0.4, 0.5) is 5.82 Å². The highest BCUT2D eigenvalue weighted by Gasteiger charge is 2.49. The minimum atomic E-state index is 0.133. The molecule has 2 unspecified atom stereocenters. The van der Waals surface area contributed by atoms with Crippen molar-refractivity contribution in [3.8, 4) is 0 Å². The molecule has 28 heavy (non-hydrogen) atoms. The topological polar surface area (TPSA) is 61.8 Å². The van der Waals surface area contributed by atoms with Crippen LogP contribution < -0.4 is 15.5 Å². The van der Waals surface area contributed by atoms with Crippen LogP contribution in [0.15, 0.2) is 29.4 Å². The fourth-order valence-electron chi connectivity index (χ4n) is 4.11. The van der Waals surface area contributed by atoms with E-state index in [4.69, 9.17) is 4.74 Å². The maximum Gasteiger partial charge on any atom is 0.191 e. The van der Waals surface area contributed by atoms with E-state index in [1.807, 2.05) is 19.3 Å². The highest BCUT2D eigenvalue weighted by molar-refractivity contribution is 5.80. The van der Waals surface area contributed by atoms with Gasteiger partial charge in [-0.25, -0.2) is 4.98 Å². The number of aromatic nitrogens is 1. The van der Waals surface area contributed by atoms with Crippen molar-refractivity contribution in [2.24, 2.45) is 10.4 Å². The number of unbranched alkanes of at least 4 members (excludes halogenated alkanes) is 1. The third-order valence-corrected chi connectivity index (χ3v) is 6.34. The lowest BCUT2D eigenvalue weighted by atomic mass is 9.64. The van der Waals surface area contributed by atoms with Gasteiger partial charge in [0, 0.05) is 50.4 Å². The molecule has 0 spiro atoms. The predicted molar refractivity (Wildman–Crippen MR) is 116 cm³/mol. The van der Waals surface area contributed by atoms with E-state index in [0.717, 1.165) is 57.2 Å². The predicted octanol–water partition coefficient (Wildman–Crippen LogP) is 3.20. The lowest BCUT2D eigenvalue weighted by Gasteiger charge is -2.52. The summed E-state index contributed by atoms with van der Waals surface area (Å²) in [6, 6.07) is 6.96. The molecule has 6 nitrogen and oxygen atoms in total. The number of anilines is 1. The molecule has 0 aromatic carbocycles. The number of pyridine rings is 1. The average Bonchev–Trinajstić information content (AvgIpc) is 2.72. The summed E-state index contributed by atoms with van der Waals surface area (Å²) in [6.45, 7) is 9.71. The van der Waals surface area contributed by atoms with Gasteiger partial charge in [-0.3, -0.25) is 4.99 Å². The molecule has 0 radical (unpaired) electrons. The van der Waals surface area contributed by atoms with Crippen molar-refractivity contribution in [3.05, 3.63) is 24.4 Å². The second kappa shape index (κ2) is 9.59. The Labute approximate surface area is 170 Å². The molecule has 2 fully saturated rings. The van der Waals surface area contributed by atoms with Crippen LogP contribution in [0.5, 0.6) is 0 Å². The summed E-state index contributed by atoms with van der Waals surface area (Å²) in [5.74, 6) is 2.00. The average molecular weight is 388 g/mol. The largest absolute Gasteiger partial charge is 0.378 e. The summed E-state index contributed by atoms with van der Waals surface area (Å²) >= 11 is 0. The van der Waals surface area contributed by atoms with Crippen LogP contribution in [0.1, 0.15) is 52.9 Å². The molecule has 1 aromatic rings. The minimum Gasteiger partial charge on any atom is -0.378 e. The van der Waals surface area contributed by atoms with Crippen molar-refractivity contribution in [2.45, 2.75) is 71.1 Å². The van der Waals surface area contributed by atoms with Gasteiger partial charge in [0.25, 0.3) is 0 Å². The zero-order chi connectivity index (χ0) is 20.0. The summed E-state index contributed by atoms with van der Waals surface area (Å²) in [5.41, 5.74) is 0.133. The lowest BCUT2D eigenvalue weighted by molar-refractivity contribution is -0.113. The molecule has 1 aliphatic heterocycles. The summed E-state index contributed by atoms with van der Waals surface area (Å²) in [7, 11) is 1.86. The first kappa shape index (κ1) is 20.9. The van der Waals surface area contributed by atoms with Crippen molar-refractivity contribution < 1.29 is 4.74 Å². The summed E-state index contributed by atoms with van der Waals surface area (Å²) in [4.78, 5) is 11.3. The third-order valence-electron chi connectivity index (χ3n) is 6.34. The van der Waals surface area contributed by atoms with Gasteiger partial charge in [0.2, 0.25) is 0 Å². The first-order valence-corrected chi connectivity index (χ1v) is 10.8. The van der Waals surface area contributed by atoms with Crippen molar-refractivity contribution in [2.75, 3.05) is 31.6 Å². The second-order valence-corrected chi connectivity index (χ2v) is 8.63. The molecule has 3 rings (SSSR count). The molecule has 2 aliphatic rings. The lowest BCUT2D eigenvalue weighted by Crippen LogP contribution is -2.64. The smallest absolute Gasteiger partial charge is 0.191 e. The molecule has 0 amide bonds. The zero-order valence-corrected chi connectivity index (χ0v) is 17.9. The molecule has 1 saturated heterocycles. The van der Waals surface area contributed by atoms with Crippen LogP contribution >= 0.6 is 0 Å². The Morgan fingerprint density at radius 2 is 2.07 bits per heavy atom. The van der Waals surface area contributed by atoms with E-state index in [9.17, 15) is 0 Å². The quantitative estimate of drug-likeness (QED) is 0.427. The van der Waals surface area contributed by atoms with Crippen molar-refractivity contribution in [1.82, 2.24) is 15.6 Å². The van der Waals surface area contributed by atoms with Gasteiger partial charge in [0.05, 0.1) is 6.10 Å². The number of aliphatic imine (C=N–C) groups is 1. The molecule has 0 bridgehead atoms. The summed E-state index contributed by atoms with van der Waals surface area (Å²) < 4.78 is 6.07. The number of hydrogen-bond acceptors (Lipinski definition) is 4. The fourth-order valence-corrected chi connectivity index (χ4v) is 4.11. The Kier molecular flexibility index (Phi) is 7.16. The SMILES string of the molecule is CCCCOC1CC(NC(=NC)NC2CCN(c3ccccn3)CC2)C1(C)C. The summed E-state index contributed by atoms with van der Waals surface area (Å²) in [5, 5.41) is 7.27. The standard InChI is InChI=1S/C22H37N5O/c1-5-6-15-28-19-16-18(22(19,2)3)26-21(23-4)25-17-10-13-27(14-11-17)20-9-7-8-12-24-20/h7-9,12,17-19H,5-6,10-11,13-16H2,1-4H3,(H2,23,25,26). The van der Waals surface area contributed by atoms with Crippen LogP contribution in [0.3, 0.4) is 0 Å². The molecular formula is C22H37N5O. The number of guanidine groups is 1. The first-order chi connectivity index (χ1) is 13.5. The number of nitrogens with one attached hydrogen (secondary N) is 2. The minimum absolute atomic E-state index is 0.133. The number of piperidine rings is 1. The van der Waals surface area contributed by atoms with E-state index < -0.39 is 0 Å². The molecule has 1 saturated carbocycles. The Morgan fingerprint density at radius 3 is 2.68 bits per heavy atom. The number of rotatable bonds is 7. The van der Waals surface area contributed by atoms with Crippen LogP contribution in [0.25, 0.3) is 0 Å². The Morgan fingerprint density at radius 1 is 1.29 bits per heavy atom. The van der Waals surface area contributed by atoms with Crippen molar-refractivity contribution >= 4 is 11.8 Å². The normalized spacial score (nSPS) is 25.3. The summed E-state index contributed by atoms with van der Waals surface area (Å²) in [6.07, 6.45) is 7.77. The maximum absolute atomic E-state index is 6.07. The van der Waals surface area contributed by atoms with Crippen LogP contribution in [-0.4, -0.2) is 55.9 Å². The van der Waals surface area contributed by atoms with Gasteiger partial charge in [-0.15, -0.1) is 0 Å². The van der Waals surface area contributed by atoms with Crippen molar-refractivity contribution in [1.29, 1.82) is 0 Å². The van der Waals surface area contributed by atoms with Gasteiger partial charge in [0.1, 0.15) is 5.82 Å². The van der Waals surface area contributed by atoms with Gasteiger partial charge in [-0.05, 0) is 37.8 Å². The molecule has 1 aromatic heterocycles. The zero-order valence-electron chi connectivity index (χ0n) is 17.9. The number of hydrogen-bond donors (Lipinski definition) is 2. The molecule has 2 N–H and O–H groups in total.